The molecule has 5 nitrogen and oxygen atoms in total. The summed E-state index contributed by atoms with van der Waals surface area (Å²) in [5.74, 6) is 0.157. The van der Waals surface area contributed by atoms with E-state index in [9.17, 15) is 5.11 Å². The summed E-state index contributed by atoms with van der Waals surface area (Å²) in [5.41, 5.74) is 5.94. The Labute approximate surface area is 169 Å². The molecule has 0 fully saturated rings. The van der Waals surface area contributed by atoms with Crippen LogP contribution >= 0.6 is 0 Å². The summed E-state index contributed by atoms with van der Waals surface area (Å²) in [4.78, 5) is 9.53. The highest BCUT2D eigenvalue weighted by Gasteiger charge is 2.11. The normalized spacial score (nSPS) is 11.4. The Balaban J connectivity index is 1.77. The van der Waals surface area contributed by atoms with Gasteiger partial charge in [0, 0.05) is 16.6 Å². The van der Waals surface area contributed by atoms with E-state index in [-0.39, 0.29) is 5.75 Å². The summed E-state index contributed by atoms with van der Waals surface area (Å²) >= 11 is 0. The number of hydrogen-bond donors (Lipinski definition) is 2. The second kappa shape index (κ2) is 8.02. The number of para-hydroxylation sites is 1. The second-order valence-corrected chi connectivity index (χ2v) is 6.66. The number of nitrogens with one attached hydrogen (secondary N) is 1. The zero-order valence-corrected chi connectivity index (χ0v) is 16.3. The summed E-state index contributed by atoms with van der Waals surface area (Å²) < 4.78 is 0. The molecular formula is C24H21N3O2. The number of nitrogens with zero attached hydrogens (tertiary/aromatic N) is 2. The molecule has 2 N–H and O–H groups in total. The molecule has 0 amide bonds. The standard InChI is InChI=1S/C24H21N3O2/c1-16(27-29-2)17-11-13-19(14-12-17)25-22-15-21(18-7-4-3-5-8-18)26-24-20(22)9-6-10-23(24)28/h3-15,28H,1-2H3,(H,25,26)/b27-16+. The lowest BCUT2D eigenvalue weighted by molar-refractivity contribution is 0.213. The highest BCUT2D eigenvalue weighted by atomic mass is 16.6. The average Bonchev–Trinajstić information content (AvgIpc) is 2.75. The van der Waals surface area contributed by atoms with Crippen LogP contribution in [0, 0.1) is 0 Å². The van der Waals surface area contributed by atoms with Gasteiger partial charge in [-0.25, -0.2) is 4.98 Å². The fourth-order valence-electron chi connectivity index (χ4n) is 3.23. The fourth-order valence-corrected chi connectivity index (χ4v) is 3.23. The SMILES string of the molecule is CO/N=C(\C)c1ccc(Nc2cc(-c3ccccc3)nc3c(O)cccc23)cc1. The minimum atomic E-state index is 0.157. The first-order chi connectivity index (χ1) is 14.2. The Kier molecular flexibility index (Phi) is 5.12. The summed E-state index contributed by atoms with van der Waals surface area (Å²) in [6.07, 6.45) is 0. The van der Waals surface area contributed by atoms with Crippen LogP contribution in [0.5, 0.6) is 5.75 Å². The molecule has 29 heavy (non-hydrogen) atoms. The first-order valence-electron chi connectivity index (χ1n) is 9.29. The molecule has 0 saturated carbocycles. The molecule has 0 spiro atoms. The van der Waals surface area contributed by atoms with Crippen LogP contribution in [0.4, 0.5) is 11.4 Å². The Morgan fingerprint density at radius 2 is 1.72 bits per heavy atom. The van der Waals surface area contributed by atoms with Gasteiger partial charge < -0.3 is 15.3 Å². The van der Waals surface area contributed by atoms with E-state index in [4.69, 9.17) is 4.84 Å². The number of phenolic OH excluding ortho intramolecular Hbond substituents is 1. The molecule has 0 bridgehead atoms. The summed E-state index contributed by atoms with van der Waals surface area (Å²) in [6, 6.07) is 25.3. The van der Waals surface area contributed by atoms with Crippen molar-refractivity contribution >= 4 is 28.0 Å². The molecule has 0 aliphatic heterocycles. The van der Waals surface area contributed by atoms with Gasteiger partial charge in [0.05, 0.1) is 17.1 Å². The number of pyridine rings is 1. The van der Waals surface area contributed by atoms with Gasteiger partial charge in [-0.2, -0.15) is 0 Å². The Morgan fingerprint density at radius 3 is 2.45 bits per heavy atom. The van der Waals surface area contributed by atoms with Gasteiger partial charge in [-0.15, -0.1) is 0 Å². The van der Waals surface area contributed by atoms with Gasteiger partial charge in [-0.05, 0) is 36.8 Å². The number of anilines is 2. The van der Waals surface area contributed by atoms with E-state index < -0.39 is 0 Å². The van der Waals surface area contributed by atoms with E-state index in [1.54, 1.807) is 6.07 Å². The molecule has 0 aliphatic rings. The Hall–Kier alpha value is -3.86. The van der Waals surface area contributed by atoms with Crippen LogP contribution in [-0.4, -0.2) is 22.9 Å². The van der Waals surface area contributed by atoms with Crippen molar-refractivity contribution in [1.82, 2.24) is 4.98 Å². The lowest BCUT2D eigenvalue weighted by Gasteiger charge is -2.13. The predicted molar refractivity (Wildman–Crippen MR) is 118 cm³/mol. The summed E-state index contributed by atoms with van der Waals surface area (Å²) in [6.45, 7) is 1.90. The third kappa shape index (κ3) is 3.89. The quantitative estimate of drug-likeness (QED) is 0.342. The van der Waals surface area contributed by atoms with Crippen LogP contribution in [-0.2, 0) is 4.84 Å². The zero-order valence-electron chi connectivity index (χ0n) is 16.3. The topological polar surface area (TPSA) is 66.7 Å². The van der Waals surface area contributed by atoms with Crippen molar-refractivity contribution in [1.29, 1.82) is 0 Å². The first kappa shape index (κ1) is 18.5. The van der Waals surface area contributed by atoms with Gasteiger partial charge in [0.15, 0.2) is 0 Å². The van der Waals surface area contributed by atoms with Crippen molar-refractivity contribution in [3.63, 3.8) is 0 Å². The third-order valence-electron chi connectivity index (χ3n) is 4.70. The lowest BCUT2D eigenvalue weighted by atomic mass is 10.1. The van der Waals surface area contributed by atoms with Crippen LogP contribution < -0.4 is 5.32 Å². The Bertz CT molecular complexity index is 1170. The van der Waals surface area contributed by atoms with E-state index in [0.29, 0.717) is 5.52 Å². The second-order valence-electron chi connectivity index (χ2n) is 6.66. The smallest absolute Gasteiger partial charge is 0.141 e. The highest BCUT2D eigenvalue weighted by Crippen LogP contribution is 2.34. The van der Waals surface area contributed by atoms with E-state index >= 15 is 0 Å². The fraction of sp³-hybridized carbons (Fsp3) is 0.0833. The number of aromatic nitrogens is 1. The van der Waals surface area contributed by atoms with Crippen LogP contribution in [0.1, 0.15) is 12.5 Å². The number of rotatable bonds is 5. The third-order valence-corrected chi connectivity index (χ3v) is 4.70. The maximum atomic E-state index is 10.4. The van der Waals surface area contributed by atoms with Crippen molar-refractivity contribution < 1.29 is 9.94 Å². The van der Waals surface area contributed by atoms with Crippen molar-refractivity contribution in [3.8, 4) is 17.0 Å². The first-order valence-corrected chi connectivity index (χ1v) is 9.29. The van der Waals surface area contributed by atoms with Gasteiger partial charge in [-0.3, -0.25) is 0 Å². The minimum absolute atomic E-state index is 0.157. The number of hydrogen-bond acceptors (Lipinski definition) is 5. The van der Waals surface area contributed by atoms with Crippen LogP contribution in [0.2, 0.25) is 0 Å². The Morgan fingerprint density at radius 1 is 0.966 bits per heavy atom. The van der Waals surface area contributed by atoms with Gasteiger partial charge in [0.1, 0.15) is 18.4 Å². The molecule has 0 radical (unpaired) electrons. The van der Waals surface area contributed by atoms with Crippen LogP contribution in [0.25, 0.3) is 22.2 Å². The molecular weight excluding hydrogens is 362 g/mol. The molecule has 5 heteroatoms. The number of fused-ring (bicyclic) bond motifs is 1. The van der Waals surface area contributed by atoms with Crippen molar-refractivity contribution in [2.24, 2.45) is 5.16 Å². The van der Waals surface area contributed by atoms with Crippen LogP contribution in [0.3, 0.4) is 0 Å². The van der Waals surface area contributed by atoms with E-state index in [2.05, 4.69) is 15.5 Å². The number of aromatic hydroxyl groups is 1. The predicted octanol–water partition coefficient (Wildman–Crippen LogP) is 5.72. The molecule has 0 atom stereocenters. The molecule has 3 aromatic carbocycles. The molecule has 1 heterocycles. The van der Waals surface area contributed by atoms with Gasteiger partial charge in [0.25, 0.3) is 0 Å². The lowest BCUT2D eigenvalue weighted by Crippen LogP contribution is -1.98. The number of oxime groups is 1. The van der Waals surface area contributed by atoms with Gasteiger partial charge >= 0.3 is 0 Å². The molecule has 144 valence electrons. The molecule has 4 aromatic rings. The molecule has 4 rings (SSSR count). The average molecular weight is 383 g/mol. The van der Waals surface area contributed by atoms with Crippen molar-refractivity contribution in [2.45, 2.75) is 6.92 Å². The molecule has 0 saturated heterocycles. The van der Waals surface area contributed by atoms with E-state index in [0.717, 1.165) is 39.3 Å². The molecule has 1 aromatic heterocycles. The van der Waals surface area contributed by atoms with E-state index in [1.807, 2.05) is 79.7 Å². The van der Waals surface area contributed by atoms with Crippen LogP contribution in [0.15, 0.2) is 84.0 Å². The summed E-state index contributed by atoms with van der Waals surface area (Å²) in [7, 11) is 1.54. The largest absolute Gasteiger partial charge is 0.506 e. The van der Waals surface area contributed by atoms with Gasteiger partial charge in [0.2, 0.25) is 0 Å². The molecule has 0 aliphatic carbocycles. The van der Waals surface area contributed by atoms with Gasteiger partial charge in [-0.1, -0.05) is 59.8 Å². The highest BCUT2D eigenvalue weighted by molar-refractivity contribution is 6.00. The minimum Gasteiger partial charge on any atom is -0.506 e. The maximum absolute atomic E-state index is 10.4. The number of phenols is 1. The van der Waals surface area contributed by atoms with E-state index in [1.165, 1.54) is 7.11 Å². The number of benzene rings is 3. The molecule has 0 unspecified atom stereocenters. The maximum Gasteiger partial charge on any atom is 0.141 e. The zero-order chi connectivity index (χ0) is 20.2. The van der Waals surface area contributed by atoms with Crippen molar-refractivity contribution in [2.75, 3.05) is 12.4 Å². The summed E-state index contributed by atoms with van der Waals surface area (Å²) in [5, 5.41) is 18.6. The van der Waals surface area contributed by atoms with Crippen molar-refractivity contribution in [3.05, 3.63) is 84.4 Å². The monoisotopic (exact) mass is 383 g/mol.